The molecule has 1 aliphatic rings. The Kier molecular flexibility index (Phi) is 5.18. The lowest BCUT2D eigenvalue weighted by Crippen LogP contribution is -2.32. The van der Waals surface area contributed by atoms with Gasteiger partial charge in [0, 0.05) is 16.4 Å². The van der Waals surface area contributed by atoms with E-state index >= 15 is 0 Å². The van der Waals surface area contributed by atoms with Gasteiger partial charge in [0.15, 0.2) is 0 Å². The highest BCUT2D eigenvalue weighted by Crippen LogP contribution is 2.24. The summed E-state index contributed by atoms with van der Waals surface area (Å²) in [5, 5.41) is 3.36. The fourth-order valence-corrected chi connectivity index (χ4v) is 2.61. The summed E-state index contributed by atoms with van der Waals surface area (Å²) in [6.07, 6.45) is 1.07. The highest BCUT2D eigenvalue weighted by Gasteiger charge is 2.34. The molecule has 3 rings (SSSR count). The van der Waals surface area contributed by atoms with Crippen molar-refractivity contribution < 1.29 is 14.3 Å². The summed E-state index contributed by atoms with van der Waals surface area (Å²) in [4.78, 5) is 38.6. The number of ether oxygens (including phenoxy) is 1. The number of anilines is 1. The zero-order chi connectivity index (χ0) is 19.6. The first kappa shape index (κ1) is 18.5. The normalized spacial score (nSPS) is 16.7. The Morgan fingerprint density at radius 2 is 1.85 bits per heavy atom. The van der Waals surface area contributed by atoms with Crippen LogP contribution in [-0.4, -0.2) is 34.9 Å². The third kappa shape index (κ3) is 4.12. The molecule has 1 saturated heterocycles. The highest BCUT2D eigenvalue weighted by atomic mass is 35.5. The fraction of sp³-hybridized carbons (Fsp3) is 0.167. The van der Waals surface area contributed by atoms with Crippen molar-refractivity contribution in [3.05, 3.63) is 58.5 Å². The number of methoxy groups -OCH3 is 1. The number of carbonyl (C=O) groups is 2. The van der Waals surface area contributed by atoms with Gasteiger partial charge >= 0.3 is 5.97 Å². The molecule has 1 fully saturated rings. The maximum absolute atomic E-state index is 12.8. The van der Waals surface area contributed by atoms with E-state index in [4.69, 9.17) is 11.6 Å². The third-order valence-electron chi connectivity index (χ3n) is 3.62. The lowest BCUT2D eigenvalue weighted by Gasteiger charge is -2.15. The molecule has 2 aromatic rings. The van der Waals surface area contributed by atoms with Crippen LogP contribution in [0.1, 0.15) is 11.4 Å². The first-order valence-electron chi connectivity index (χ1n) is 7.95. The first-order valence-corrected chi connectivity index (χ1v) is 8.33. The highest BCUT2D eigenvalue weighted by molar-refractivity contribution is 6.31. The number of aryl methyl sites for hydroxylation is 2. The lowest BCUT2D eigenvalue weighted by molar-refractivity contribution is -0.135. The summed E-state index contributed by atoms with van der Waals surface area (Å²) in [7, 11) is 1.23. The molecule has 1 aromatic heterocycles. The van der Waals surface area contributed by atoms with Crippen molar-refractivity contribution >= 4 is 41.1 Å². The smallest absolute Gasteiger partial charge is 0.332 e. The summed E-state index contributed by atoms with van der Waals surface area (Å²) >= 11 is 5.93. The van der Waals surface area contributed by atoms with Crippen LogP contribution in [0.4, 0.5) is 11.6 Å². The number of aromatic nitrogens is 2. The second-order valence-electron chi connectivity index (χ2n) is 5.71. The molecule has 1 aliphatic heterocycles. The van der Waals surface area contributed by atoms with Crippen molar-refractivity contribution in [1.82, 2.24) is 15.3 Å². The lowest BCUT2D eigenvalue weighted by atomic mass is 10.3. The van der Waals surface area contributed by atoms with E-state index in [9.17, 15) is 9.59 Å². The molecule has 0 spiro atoms. The fourth-order valence-electron chi connectivity index (χ4n) is 2.48. The number of carbonyl (C=O) groups excluding carboxylic acids is 2. The molecular weight excluding hydrogens is 370 g/mol. The van der Waals surface area contributed by atoms with E-state index in [2.05, 4.69) is 25.0 Å². The average molecular weight is 386 g/mol. The molecule has 9 heteroatoms. The van der Waals surface area contributed by atoms with Gasteiger partial charge in [-0.1, -0.05) is 11.6 Å². The van der Waals surface area contributed by atoms with Crippen LogP contribution in [0, 0.1) is 13.8 Å². The van der Waals surface area contributed by atoms with Crippen LogP contribution < -0.4 is 10.2 Å². The van der Waals surface area contributed by atoms with Gasteiger partial charge in [-0.25, -0.2) is 19.7 Å². The molecule has 2 heterocycles. The maximum Gasteiger partial charge on any atom is 0.332 e. The van der Waals surface area contributed by atoms with E-state index in [-0.39, 0.29) is 17.6 Å². The van der Waals surface area contributed by atoms with Crippen molar-refractivity contribution in [2.24, 2.45) is 4.99 Å². The number of halogens is 1. The molecule has 1 N–H and O–H groups in total. The molecule has 8 nitrogen and oxygen atoms in total. The van der Waals surface area contributed by atoms with Crippen molar-refractivity contribution in [2.45, 2.75) is 13.8 Å². The second kappa shape index (κ2) is 7.55. The number of aliphatic imine (C=N–C) groups is 1. The monoisotopic (exact) mass is 385 g/mol. The molecule has 0 saturated carbocycles. The van der Waals surface area contributed by atoms with Gasteiger partial charge < -0.3 is 10.1 Å². The molecule has 1 amide bonds. The van der Waals surface area contributed by atoms with Crippen LogP contribution in [0.15, 0.2) is 47.1 Å². The number of hydrogen-bond donors (Lipinski definition) is 1. The Balaban J connectivity index is 2.08. The number of guanidine groups is 1. The topological polar surface area (TPSA) is 96.8 Å². The minimum atomic E-state index is -0.661. The van der Waals surface area contributed by atoms with Gasteiger partial charge in [0.25, 0.3) is 11.9 Å². The zero-order valence-corrected chi connectivity index (χ0v) is 15.6. The van der Waals surface area contributed by atoms with Crippen LogP contribution in [0.3, 0.4) is 0 Å². The largest absolute Gasteiger partial charge is 0.466 e. The number of rotatable bonds is 3. The van der Waals surface area contributed by atoms with Gasteiger partial charge in [0.1, 0.15) is 5.70 Å². The van der Waals surface area contributed by atoms with E-state index in [0.29, 0.717) is 10.7 Å². The SMILES string of the molecule is COC(=O)/C=C1\NC(=Nc2nc(C)cc(C)n2)N(c2ccc(Cl)cc2)C1=O. The molecule has 0 bridgehead atoms. The first-order chi connectivity index (χ1) is 12.9. The Morgan fingerprint density at radius 1 is 1.22 bits per heavy atom. The van der Waals surface area contributed by atoms with Crippen molar-refractivity contribution in [2.75, 3.05) is 12.0 Å². The second-order valence-corrected chi connectivity index (χ2v) is 6.15. The zero-order valence-electron chi connectivity index (χ0n) is 14.9. The molecule has 0 unspecified atom stereocenters. The van der Waals surface area contributed by atoms with Gasteiger partial charge in [-0.05, 0) is 44.2 Å². The number of amides is 1. The molecule has 138 valence electrons. The molecular formula is C18H16ClN5O3. The summed E-state index contributed by atoms with van der Waals surface area (Å²) in [5.41, 5.74) is 2.04. The minimum absolute atomic E-state index is 0.0277. The van der Waals surface area contributed by atoms with Gasteiger partial charge in [-0.15, -0.1) is 0 Å². The number of hydrogen-bond acceptors (Lipinski definition) is 6. The number of nitrogens with zero attached hydrogens (tertiary/aromatic N) is 4. The summed E-state index contributed by atoms with van der Waals surface area (Å²) < 4.78 is 4.59. The molecule has 27 heavy (non-hydrogen) atoms. The minimum Gasteiger partial charge on any atom is -0.466 e. The standard InChI is InChI=1S/C18H16ClN5O3/c1-10-8-11(2)21-17(20-10)23-18-22-14(9-15(25)27-3)16(26)24(18)13-6-4-12(19)5-7-13/h4-9H,1-3H3,(H,20,21,22,23)/b14-9-. The van der Waals surface area contributed by atoms with Crippen LogP contribution in [0.2, 0.25) is 5.02 Å². The predicted molar refractivity (Wildman–Crippen MR) is 101 cm³/mol. The third-order valence-corrected chi connectivity index (χ3v) is 3.87. The van der Waals surface area contributed by atoms with Crippen LogP contribution >= 0.6 is 11.6 Å². The molecule has 0 radical (unpaired) electrons. The van der Waals surface area contributed by atoms with E-state index in [1.807, 2.05) is 19.9 Å². The maximum atomic E-state index is 12.8. The van der Waals surface area contributed by atoms with Crippen molar-refractivity contribution in [1.29, 1.82) is 0 Å². The number of esters is 1. The van der Waals surface area contributed by atoms with Crippen molar-refractivity contribution in [3.63, 3.8) is 0 Å². The number of nitrogens with one attached hydrogen (secondary N) is 1. The van der Waals surface area contributed by atoms with Crippen LogP contribution in [0.25, 0.3) is 0 Å². The van der Waals surface area contributed by atoms with Crippen LogP contribution in [0.5, 0.6) is 0 Å². The van der Waals surface area contributed by atoms with Gasteiger partial charge in [-0.2, -0.15) is 4.99 Å². The van der Waals surface area contributed by atoms with Gasteiger partial charge in [0.2, 0.25) is 5.96 Å². The van der Waals surface area contributed by atoms with Crippen molar-refractivity contribution in [3.8, 4) is 0 Å². The Labute approximate surface area is 160 Å². The van der Waals surface area contributed by atoms with Crippen LogP contribution in [-0.2, 0) is 14.3 Å². The number of benzene rings is 1. The summed E-state index contributed by atoms with van der Waals surface area (Å²) in [6.45, 7) is 3.65. The quantitative estimate of drug-likeness (QED) is 0.643. The predicted octanol–water partition coefficient (Wildman–Crippen LogP) is 2.43. The molecule has 0 atom stereocenters. The van der Waals surface area contributed by atoms with Gasteiger partial charge in [0.05, 0.1) is 18.9 Å². The average Bonchev–Trinajstić information content (AvgIpc) is 2.90. The Hall–Kier alpha value is -3.26. The molecule has 0 aliphatic carbocycles. The summed E-state index contributed by atoms with van der Waals surface area (Å²) in [5.74, 6) is -0.764. The molecule has 1 aromatic carbocycles. The Morgan fingerprint density at radius 3 is 2.44 bits per heavy atom. The van der Waals surface area contributed by atoms with E-state index in [1.54, 1.807) is 24.3 Å². The summed E-state index contributed by atoms with van der Waals surface area (Å²) in [6, 6.07) is 8.45. The van der Waals surface area contributed by atoms with E-state index in [0.717, 1.165) is 17.5 Å². The van der Waals surface area contributed by atoms with E-state index < -0.39 is 11.9 Å². The van der Waals surface area contributed by atoms with Gasteiger partial charge in [-0.3, -0.25) is 4.79 Å². The van der Waals surface area contributed by atoms with E-state index in [1.165, 1.54) is 12.0 Å². The Bertz CT molecular complexity index is 949.